The number of piperidine rings is 1. The lowest BCUT2D eigenvalue weighted by Gasteiger charge is -2.37. The number of cyclic esters (lactones) is 1. The number of nitrogen functional groups attached to an aromatic ring is 1. The van der Waals surface area contributed by atoms with Crippen LogP contribution in [0, 0.1) is 5.41 Å². The van der Waals surface area contributed by atoms with E-state index in [0.29, 0.717) is 43.0 Å². The standard InChI is InChI=1S/C20H21N5O4/c1-28-14-5-2-4-12-15(14)23-19(21)25-10-13(22-16(12)25)17(26)24-8-3-6-20(11-24)7-9-29-18(20)27/h2,4-5,10H,3,6-9,11H2,1H3,(H2,21,23). The number of hydrogen-bond acceptors (Lipinski definition) is 7. The minimum Gasteiger partial charge on any atom is -0.494 e. The number of amides is 1. The van der Waals surface area contributed by atoms with Crippen molar-refractivity contribution in [3.05, 3.63) is 30.1 Å². The number of hydrogen-bond donors (Lipinski definition) is 1. The highest BCUT2D eigenvalue weighted by Gasteiger charge is 2.48. The van der Waals surface area contributed by atoms with Crippen LogP contribution in [-0.4, -0.2) is 58.0 Å². The fraction of sp³-hybridized carbons (Fsp3) is 0.400. The predicted octanol–water partition coefficient (Wildman–Crippen LogP) is 1.64. The van der Waals surface area contributed by atoms with Gasteiger partial charge in [0.05, 0.1) is 19.1 Å². The summed E-state index contributed by atoms with van der Waals surface area (Å²) in [5.74, 6) is 0.391. The number of ether oxygens (including phenoxy) is 2. The first-order valence-electron chi connectivity index (χ1n) is 9.60. The van der Waals surface area contributed by atoms with Gasteiger partial charge in [0.25, 0.3) is 5.91 Å². The van der Waals surface area contributed by atoms with E-state index in [0.717, 1.165) is 18.2 Å². The molecule has 2 fully saturated rings. The second-order valence-electron chi connectivity index (χ2n) is 7.64. The summed E-state index contributed by atoms with van der Waals surface area (Å²) >= 11 is 0. The zero-order valence-corrected chi connectivity index (χ0v) is 16.1. The number of nitrogens with zero attached hydrogens (tertiary/aromatic N) is 4. The van der Waals surface area contributed by atoms with Gasteiger partial charge < -0.3 is 20.1 Å². The van der Waals surface area contributed by atoms with Crippen LogP contribution in [-0.2, 0) is 9.53 Å². The quantitative estimate of drug-likeness (QED) is 0.657. The van der Waals surface area contributed by atoms with Gasteiger partial charge in [0.15, 0.2) is 0 Å². The molecule has 0 bridgehead atoms. The van der Waals surface area contributed by atoms with Crippen molar-refractivity contribution in [1.29, 1.82) is 0 Å². The van der Waals surface area contributed by atoms with Gasteiger partial charge >= 0.3 is 5.97 Å². The molecule has 150 valence electrons. The number of benzene rings is 1. The van der Waals surface area contributed by atoms with Gasteiger partial charge in [0.2, 0.25) is 5.95 Å². The fourth-order valence-corrected chi connectivity index (χ4v) is 4.43. The molecule has 2 aromatic heterocycles. The molecule has 4 heterocycles. The van der Waals surface area contributed by atoms with Gasteiger partial charge in [-0.2, -0.15) is 0 Å². The van der Waals surface area contributed by atoms with Gasteiger partial charge in [-0.3, -0.25) is 14.0 Å². The van der Waals surface area contributed by atoms with Gasteiger partial charge in [0.1, 0.15) is 22.6 Å². The van der Waals surface area contributed by atoms with Gasteiger partial charge in [-0.1, -0.05) is 6.07 Å². The van der Waals surface area contributed by atoms with Crippen molar-refractivity contribution in [1.82, 2.24) is 19.3 Å². The van der Waals surface area contributed by atoms with E-state index in [9.17, 15) is 9.59 Å². The highest BCUT2D eigenvalue weighted by molar-refractivity contribution is 5.99. The molecule has 1 atom stereocenters. The number of likely N-dealkylation sites (tertiary alicyclic amines) is 1. The summed E-state index contributed by atoms with van der Waals surface area (Å²) in [6, 6.07) is 5.51. The van der Waals surface area contributed by atoms with E-state index in [-0.39, 0.29) is 23.5 Å². The number of anilines is 1. The molecule has 2 N–H and O–H groups in total. The Morgan fingerprint density at radius 1 is 1.31 bits per heavy atom. The predicted molar refractivity (Wildman–Crippen MR) is 105 cm³/mol. The number of imidazole rings is 1. The summed E-state index contributed by atoms with van der Waals surface area (Å²) in [6.07, 6.45) is 3.77. The lowest BCUT2D eigenvalue weighted by Crippen LogP contribution is -2.48. The van der Waals surface area contributed by atoms with E-state index in [1.165, 1.54) is 0 Å². The molecular weight excluding hydrogens is 374 g/mol. The van der Waals surface area contributed by atoms with Gasteiger partial charge in [-0.05, 0) is 31.4 Å². The number of aromatic nitrogens is 3. The Labute approximate surface area is 166 Å². The van der Waals surface area contributed by atoms with E-state index in [1.807, 2.05) is 12.1 Å². The maximum atomic E-state index is 13.2. The van der Waals surface area contributed by atoms with Crippen molar-refractivity contribution in [3.63, 3.8) is 0 Å². The third-order valence-corrected chi connectivity index (χ3v) is 5.97. The minimum atomic E-state index is -0.576. The van der Waals surface area contributed by atoms with Crippen LogP contribution in [0.2, 0.25) is 0 Å². The van der Waals surface area contributed by atoms with E-state index in [1.54, 1.807) is 28.7 Å². The summed E-state index contributed by atoms with van der Waals surface area (Å²) < 4.78 is 12.2. The first kappa shape index (κ1) is 17.7. The van der Waals surface area contributed by atoms with Gasteiger partial charge in [0, 0.05) is 24.7 Å². The smallest absolute Gasteiger partial charge is 0.314 e. The number of para-hydroxylation sites is 1. The molecule has 0 aliphatic carbocycles. The Morgan fingerprint density at radius 2 is 2.17 bits per heavy atom. The molecule has 9 nitrogen and oxygen atoms in total. The minimum absolute atomic E-state index is 0.198. The third kappa shape index (κ3) is 2.60. The van der Waals surface area contributed by atoms with Crippen LogP contribution in [0.15, 0.2) is 24.4 Å². The summed E-state index contributed by atoms with van der Waals surface area (Å²) in [4.78, 5) is 36.1. The monoisotopic (exact) mass is 395 g/mol. The van der Waals surface area contributed by atoms with Gasteiger partial charge in [-0.15, -0.1) is 0 Å². The summed E-state index contributed by atoms with van der Waals surface area (Å²) in [5.41, 5.74) is 6.96. The van der Waals surface area contributed by atoms with E-state index in [4.69, 9.17) is 15.2 Å². The second kappa shape index (κ2) is 6.33. The Bertz CT molecular complexity index is 1160. The first-order valence-corrected chi connectivity index (χ1v) is 9.60. The maximum absolute atomic E-state index is 13.2. The SMILES string of the molecule is COc1cccc2c1nc(N)n1cc(C(=O)N3CCCC4(CCOC4=O)C3)nc21. The summed E-state index contributed by atoms with van der Waals surface area (Å²) in [6.45, 7) is 1.37. The lowest BCUT2D eigenvalue weighted by atomic mass is 9.78. The molecule has 1 spiro atoms. The molecule has 0 saturated carbocycles. The number of carbonyl (C=O) groups is 2. The number of methoxy groups -OCH3 is 1. The van der Waals surface area contributed by atoms with Crippen molar-refractivity contribution in [3.8, 4) is 5.75 Å². The number of carbonyl (C=O) groups excluding carboxylic acids is 2. The summed E-state index contributed by atoms with van der Waals surface area (Å²) in [5, 5.41) is 0.743. The van der Waals surface area contributed by atoms with Crippen molar-refractivity contribution in [2.75, 3.05) is 32.5 Å². The Morgan fingerprint density at radius 3 is 2.93 bits per heavy atom. The normalized spacial score (nSPS) is 21.8. The fourth-order valence-electron chi connectivity index (χ4n) is 4.43. The van der Waals surface area contributed by atoms with E-state index >= 15 is 0 Å². The van der Waals surface area contributed by atoms with Crippen LogP contribution in [0.1, 0.15) is 29.8 Å². The van der Waals surface area contributed by atoms with E-state index in [2.05, 4.69) is 9.97 Å². The molecule has 1 unspecified atom stereocenters. The number of esters is 1. The molecule has 5 rings (SSSR count). The van der Waals surface area contributed by atoms with Crippen LogP contribution in [0.3, 0.4) is 0 Å². The van der Waals surface area contributed by atoms with E-state index < -0.39 is 5.41 Å². The highest BCUT2D eigenvalue weighted by Crippen LogP contribution is 2.39. The molecule has 1 amide bonds. The average molecular weight is 395 g/mol. The van der Waals surface area contributed by atoms with Crippen molar-refractivity contribution in [2.24, 2.45) is 5.41 Å². The molecule has 2 aliphatic rings. The van der Waals surface area contributed by atoms with Crippen LogP contribution in [0.5, 0.6) is 5.75 Å². The average Bonchev–Trinajstić information content (AvgIpc) is 3.33. The van der Waals surface area contributed by atoms with Crippen LogP contribution < -0.4 is 10.5 Å². The molecule has 9 heteroatoms. The zero-order valence-electron chi connectivity index (χ0n) is 16.1. The van der Waals surface area contributed by atoms with Gasteiger partial charge in [-0.25, -0.2) is 9.97 Å². The largest absolute Gasteiger partial charge is 0.494 e. The molecular formula is C20H21N5O4. The zero-order chi connectivity index (χ0) is 20.2. The van der Waals surface area contributed by atoms with Crippen LogP contribution >= 0.6 is 0 Å². The summed E-state index contributed by atoms with van der Waals surface area (Å²) in [7, 11) is 1.57. The van der Waals surface area contributed by atoms with Crippen molar-refractivity contribution < 1.29 is 19.1 Å². The number of fused-ring (bicyclic) bond motifs is 3. The third-order valence-electron chi connectivity index (χ3n) is 5.97. The first-order chi connectivity index (χ1) is 14.0. The van der Waals surface area contributed by atoms with Crippen molar-refractivity contribution >= 4 is 34.4 Å². The second-order valence-corrected chi connectivity index (χ2v) is 7.64. The number of nitrogens with two attached hydrogens (primary N) is 1. The molecule has 3 aromatic rings. The molecule has 1 aromatic carbocycles. The molecule has 29 heavy (non-hydrogen) atoms. The van der Waals surface area contributed by atoms with Crippen LogP contribution in [0.4, 0.5) is 5.95 Å². The Balaban J connectivity index is 1.55. The lowest BCUT2D eigenvalue weighted by molar-refractivity contribution is -0.148. The van der Waals surface area contributed by atoms with Crippen LogP contribution in [0.25, 0.3) is 16.6 Å². The Kier molecular flexibility index (Phi) is 3.87. The number of rotatable bonds is 2. The molecule has 2 saturated heterocycles. The van der Waals surface area contributed by atoms with Crippen molar-refractivity contribution in [2.45, 2.75) is 19.3 Å². The molecule has 2 aliphatic heterocycles. The maximum Gasteiger partial charge on any atom is 0.314 e. The Hall–Kier alpha value is -3.36. The highest BCUT2D eigenvalue weighted by atomic mass is 16.5. The molecule has 0 radical (unpaired) electrons. The topological polar surface area (TPSA) is 112 Å².